The molecule has 0 aromatic carbocycles. The summed E-state index contributed by atoms with van der Waals surface area (Å²) in [5.74, 6) is 0.639. The molecule has 25 heavy (non-hydrogen) atoms. The number of hydrogen-bond donors (Lipinski definition) is 0. The molecule has 3 rings (SSSR count). The number of pyridine rings is 1. The molecule has 1 saturated heterocycles. The van der Waals surface area contributed by atoms with Gasteiger partial charge in [-0.2, -0.15) is 0 Å². The summed E-state index contributed by atoms with van der Waals surface area (Å²) in [4.78, 5) is 30.1. The Morgan fingerprint density at radius 2 is 2.08 bits per heavy atom. The molecule has 0 bridgehead atoms. The minimum absolute atomic E-state index is 0.0367. The Kier molecular flexibility index (Phi) is 5.38. The number of aromatic nitrogens is 3. The van der Waals surface area contributed by atoms with Crippen molar-refractivity contribution in [2.75, 3.05) is 27.2 Å². The van der Waals surface area contributed by atoms with Crippen molar-refractivity contribution in [1.29, 1.82) is 0 Å². The van der Waals surface area contributed by atoms with Crippen molar-refractivity contribution in [3.05, 3.63) is 42.0 Å². The van der Waals surface area contributed by atoms with Crippen LogP contribution in [0.2, 0.25) is 0 Å². The first kappa shape index (κ1) is 17.5. The van der Waals surface area contributed by atoms with Gasteiger partial charge >= 0.3 is 0 Å². The van der Waals surface area contributed by atoms with Gasteiger partial charge in [0, 0.05) is 43.3 Å². The molecule has 0 saturated carbocycles. The summed E-state index contributed by atoms with van der Waals surface area (Å²) in [6.45, 7) is 3.45. The van der Waals surface area contributed by atoms with Gasteiger partial charge in [-0.1, -0.05) is 0 Å². The van der Waals surface area contributed by atoms with Crippen LogP contribution in [0.5, 0.6) is 0 Å². The molecule has 2 aromatic heterocycles. The van der Waals surface area contributed by atoms with Crippen LogP contribution < -0.4 is 0 Å². The maximum atomic E-state index is 12.9. The van der Waals surface area contributed by atoms with Gasteiger partial charge in [0.25, 0.3) is 5.91 Å². The van der Waals surface area contributed by atoms with E-state index < -0.39 is 0 Å². The Labute approximate surface area is 148 Å². The second kappa shape index (κ2) is 7.70. The zero-order chi connectivity index (χ0) is 17.8. The van der Waals surface area contributed by atoms with Crippen molar-refractivity contribution < 1.29 is 4.79 Å². The lowest BCUT2D eigenvalue weighted by Crippen LogP contribution is -2.34. The standard InChI is InChI=1S/C19H25N5O/c1-14-17(13-21-18(22-14)15-6-4-9-20-12-15)19(25)24-10-5-7-16(8-11-24)23(2)3/h4,6,9,12-13,16H,5,7-8,10-11H2,1-3H3/t16-/m1/s1. The number of rotatable bonds is 3. The summed E-state index contributed by atoms with van der Waals surface area (Å²) in [7, 11) is 4.22. The quantitative estimate of drug-likeness (QED) is 0.859. The highest BCUT2D eigenvalue weighted by molar-refractivity contribution is 5.95. The van der Waals surface area contributed by atoms with Crippen LogP contribution >= 0.6 is 0 Å². The SMILES string of the molecule is Cc1nc(-c2cccnc2)ncc1C(=O)N1CCC[C@@H](N(C)C)CC1. The van der Waals surface area contributed by atoms with Gasteiger partial charge in [0.1, 0.15) is 0 Å². The van der Waals surface area contributed by atoms with Crippen LogP contribution in [0.4, 0.5) is 0 Å². The predicted octanol–water partition coefficient (Wildman–Crippen LogP) is 2.40. The van der Waals surface area contributed by atoms with Crippen molar-refractivity contribution in [2.45, 2.75) is 32.2 Å². The third-order valence-electron chi connectivity index (χ3n) is 4.84. The van der Waals surface area contributed by atoms with Crippen LogP contribution in [0, 0.1) is 6.92 Å². The maximum absolute atomic E-state index is 12.9. The number of hydrogen-bond acceptors (Lipinski definition) is 5. The molecular formula is C19H25N5O. The molecule has 1 aliphatic rings. The van der Waals surface area contributed by atoms with Crippen LogP contribution in [0.3, 0.4) is 0 Å². The summed E-state index contributed by atoms with van der Waals surface area (Å²) in [6, 6.07) is 4.31. The first-order chi connectivity index (χ1) is 12.1. The van der Waals surface area contributed by atoms with E-state index >= 15 is 0 Å². The summed E-state index contributed by atoms with van der Waals surface area (Å²) < 4.78 is 0. The van der Waals surface area contributed by atoms with E-state index in [1.54, 1.807) is 18.6 Å². The molecule has 0 radical (unpaired) electrons. The summed E-state index contributed by atoms with van der Waals surface area (Å²) in [5.41, 5.74) is 2.16. The topological polar surface area (TPSA) is 62.2 Å². The fraction of sp³-hybridized carbons (Fsp3) is 0.474. The zero-order valence-corrected chi connectivity index (χ0v) is 15.1. The number of nitrogens with zero attached hydrogens (tertiary/aromatic N) is 5. The molecule has 1 aliphatic heterocycles. The molecule has 6 nitrogen and oxygen atoms in total. The largest absolute Gasteiger partial charge is 0.338 e. The number of aryl methyl sites for hydroxylation is 1. The zero-order valence-electron chi connectivity index (χ0n) is 15.1. The van der Waals surface area contributed by atoms with Crippen LogP contribution in [-0.2, 0) is 0 Å². The van der Waals surface area contributed by atoms with E-state index in [4.69, 9.17) is 0 Å². The van der Waals surface area contributed by atoms with Gasteiger partial charge in [-0.05, 0) is 52.4 Å². The van der Waals surface area contributed by atoms with Gasteiger partial charge in [-0.25, -0.2) is 9.97 Å². The van der Waals surface area contributed by atoms with Gasteiger partial charge in [0.15, 0.2) is 5.82 Å². The second-order valence-corrected chi connectivity index (χ2v) is 6.77. The third kappa shape index (κ3) is 4.02. The molecule has 0 aliphatic carbocycles. The van der Waals surface area contributed by atoms with Crippen molar-refractivity contribution in [2.24, 2.45) is 0 Å². The Bertz CT molecular complexity index is 732. The third-order valence-corrected chi connectivity index (χ3v) is 4.84. The smallest absolute Gasteiger partial charge is 0.257 e. The molecule has 3 heterocycles. The molecule has 132 valence electrons. The van der Waals surface area contributed by atoms with E-state index in [2.05, 4.69) is 33.9 Å². The highest BCUT2D eigenvalue weighted by atomic mass is 16.2. The number of likely N-dealkylation sites (tertiary alicyclic amines) is 1. The lowest BCUT2D eigenvalue weighted by atomic mass is 10.1. The number of carbonyl (C=O) groups is 1. The fourth-order valence-corrected chi connectivity index (χ4v) is 3.28. The Hall–Kier alpha value is -2.34. The van der Waals surface area contributed by atoms with E-state index in [0.717, 1.165) is 37.9 Å². The lowest BCUT2D eigenvalue weighted by Gasteiger charge is -2.23. The lowest BCUT2D eigenvalue weighted by molar-refractivity contribution is 0.0757. The van der Waals surface area contributed by atoms with Crippen LogP contribution in [-0.4, -0.2) is 63.9 Å². The van der Waals surface area contributed by atoms with E-state index in [1.807, 2.05) is 24.0 Å². The Morgan fingerprint density at radius 3 is 2.76 bits per heavy atom. The first-order valence-electron chi connectivity index (χ1n) is 8.76. The van der Waals surface area contributed by atoms with Gasteiger partial charge in [0.2, 0.25) is 0 Å². The van der Waals surface area contributed by atoms with Crippen molar-refractivity contribution in [3.8, 4) is 11.4 Å². The Balaban J connectivity index is 1.76. The number of amides is 1. The first-order valence-corrected chi connectivity index (χ1v) is 8.76. The van der Waals surface area contributed by atoms with Crippen LogP contribution in [0.1, 0.15) is 35.3 Å². The molecule has 1 amide bonds. The minimum atomic E-state index is 0.0367. The molecule has 6 heteroatoms. The number of carbonyl (C=O) groups excluding carboxylic acids is 1. The van der Waals surface area contributed by atoms with Crippen LogP contribution in [0.25, 0.3) is 11.4 Å². The van der Waals surface area contributed by atoms with E-state index in [9.17, 15) is 4.79 Å². The van der Waals surface area contributed by atoms with Crippen molar-refractivity contribution in [3.63, 3.8) is 0 Å². The normalized spacial score (nSPS) is 18.2. The molecule has 0 N–H and O–H groups in total. The molecule has 1 fully saturated rings. The molecular weight excluding hydrogens is 314 g/mol. The maximum Gasteiger partial charge on any atom is 0.257 e. The average Bonchev–Trinajstić information content (AvgIpc) is 2.88. The van der Waals surface area contributed by atoms with Crippen LogP contribution in [0.15, 0.2) is 30.7 Å². The second-order valence-electron chi connectivity index (χ2n) is 6.77. The van der Waals surface area contributed by atoms with Gasteiger partial charge in [-0.15, -0.1) is 0 Å². The Morgan fingerprint density at radius 1 is 1.24 bits per heavy atom. The monoisotopic (exact) mass is 339 g/mol. The molecule has 1 atom stereocenters. The molecule has 2 aromatic rings. The van der Waals surface area contributed by atoms with Gasteiger partial charge in [-0.3, -0.25) is 9.78 Å². The molecule has 0 spiro atoms. The van der Waals surface area contributed by atoms with E-state index in [1.165, 1.54) is 0 Å². The van der Waals surface area contributed by atoms with Crippen molar-refractivity contribution in [1.82, 2.24) is 24.8 Å². The highest BCUT2D eigenvalue weighted by Gasteiger charge is 2.24. The average molecular weight is 339 g/mol. The fourth-order valence-electron chi connectivity index (χ4n) is 3.28. The summed E-state index contributed by atoms with van der Waals surface area (Å²) in [5, 5.41) is 0. The highest BCUT2D eigenvalue weighted by Crippen LogP contribution is 2.19. The van der Waals surface area contributed by atoms with Crippen molar-refractivity contribution >= 4 is 5.91 Å². The molecule has 0 unspecified atom stereocenters. The van der Waals surface area contributed by atoms with E-state index in [-0.39, 0.29) is 5.91 Å². The van der Waals surface area contributed by atoms with E-state index in [0.29, 0.717) is 23.1 Å². The summed E-state index contributed by atoms with van der Waals surface area (Å²) >= 11 is 0. The van der Waals surface area contributed by atoms with Gasteiger partial charge in [0.05, 0.1) is 11.3 Å². The minimum Gasteiger partial charge on any atom is -0.338 e. The summed E-state index contributed by atoms with van der Waals surface area (Å²) in [6.07, 6.45) is 8.27. The predicted molar refractivity (Wildman–Crippen MR) is 97.2 cm³/mol. The van der Waals surface area contributed by atoms with Gasteiger partial charge < -0.3 is 9.80 Å².